The van der Waals surface area contributed by atoms with Crippen LogP contribution in [0.15, 0.2) is 41.8 Å². The molecule has 1 amide bonds. The third-order valence-electron chi connectivity index (χ3n) is 5.06. The average molecular weight is 439 g/mol. The van der Waals surface area contributed by atoms with Crippen LogP contribution in [0.25, 0.3) is 0 Å². The van der Waals surface area contributed by atoms with E-state index in [0.29, 0.717) is 18.7 Å². The number of hydrogen-bond donors (Lipinski definition) is 1. The zero-order valence-corrected chi connectivity index (χ0v) is 18.1. The Hall–Kier alpha value is -2.30. The van der Waals surface area contributed by atoms with Gasteiger partial charge >= 0.3 is 0 Å². The molecule has 1 N–H and O–H groups in total. The number of rotatable bonds is 8. The Morgan fingerprint density at radius 2 is 2.00 bits per heavy atom. The summed E-state index contributed by atoms with van der Waals surface area (Å²) in [4.78, 5) is 16.8. The second kappa shape index (κ2) is 9.23. The molecular weight excluding hydrogens is 411 g/mol. The first-order valence-corrected chi connectivity index (χ1v) is 11.3. The Kier molecular flexibility index (Phi) is 6.89. The minimum absolute atomic E-state index is 0.0256. The van der Waals surface area contributed by atoms with Gasteiger partial charge in [0.05, 0.1) is 25.0 Å². The Balaban J connectivity index is 1.80. The van der Waals surface area contributed by atoms with Gasteiger partial charge in [0, 0.05) is 38.8 Å². The van der Waals surface area contributed by atoms with Gasteiger partial charge in [-0.3, -0.25) is 4.79 Å². The van der Waals surface area contributed by atoms with Gasteiger partial charge in [0.1, 0.15) is 5.82 Å². The number of amides is 1. The average Bonchev–Trinajstić information content (AvgIpc) is 3.33. The number of carbonyl (C=O) groups is 1. The number of sulfonamides is 1. The maximum Gasteiger partial charge on any atom is 0.262 e. The smallest absolute Gasteiger partial charge is 0.262 e. The maximum absolute atomic E-state index is 13.4. The van der Waals surface area contributed by atoms with Crippen LogP contribution >= 0.6 is 0 Å². The molecular formula is C20H27FN4O4S. The van der Waals surface area contributed by atoms with Crippen LogP contribution in [0, 0.1) is 11.7 Å². The third-order valence-corrected chi connectivity index (χ3v) is 6.78. The second-order valence-electron chi connectivity index (χ2n) is 7.67. The molecule has 0 spiro atoms. The van der Waals surface area contributed by atoms with Crippen LogP contribution in [0.4, 0.5) is 4.39 Å². The molecule has 1 fully saturated rings. The SMILES string of the molecule is CC(C)OCCNC(=O)[C@@H]1CN(S(=O)(=O)c2cn(C)cn2)C[C@H]1c1ccc(F)cc1. The molecule has 10 heteroatoms. The Labute approximate surface area is 176 Å². The maximum atomic E-state index is 13.4. The van der Waals surface area contributed by atoms with Crippen LogP contribution in [0.3, 0.4) is 0 Å². The lowest BCUT2D eigenvalue weighted by atomic mass is 9.88. The van der Waals surface area contributed by atoms with E-state index in [9.17, 15) is 17.6 Å². The molecule has 2 atom stereocenters. The summed E-state index contributed by atoms with van der Waals surface area (Å²) in [6, 6.07) is 5.82. The summed E-state index contributed by atoms with van der Waals surface area (Å²) in [5.74, 6) is -1.64. The van der Waals surface area contributed by atoms with Crippen molar-refractivity contribution >= 4 is 15.9 Å². The first-order chi connectivity index (χ1) is 14.2. The van der Waals surface area contributed by atoms with E-state index in [4.69, 9.17) is 4.74 Å². The molecule has 3 rings (SSSR count). The highest BCUT2D eigenvalue weighted by Gasteiger charge is 2.44. The van der Waals surface area contributed by atoms with Crippen LogP contribution in [0.1, 0.15) is 25.3 Å². The third kappa shape index (κ3) is 5.05. The van der Waals surface area contributed by atoms with E-state index >= 15 is 0 Å². The fraction of sp³-hybridized carbons (Fsp3) is 0.500. The van der Waals surface area contributed by atoms with Gasteiger partial charge in [0.2, 0.25) is 5.91 Å². The Bertz CT molecular complexity index is 975. The molecule has 1 saturated heterocycles. The predicted molar refractivity (Wildman–Crippen MR) is 109 cm³/mol. The van der Waals surface area contributed by atoms with Crippen molar-refractivity contribution in [2.24, 2.45) is 13.0 Å². The van der Waals surface area contributed by atoms with Gasteiger partial charge in [-0.15, -0.1) is 0 Å². The van der Waals surface area contributed by atoms with E-state index in [1.54, 1.807) is 23.7 Å². The standard InChI is InChI=1S/C20H27FN4O4S/c1-14(2)29-9-8-22-20(26)18-11-25(30(27,28)19-12-24(3)13-23-19)10-17(18)15-4-6-16(21)7-5-15/h4-7,12-14,17-18H,8-11H2,1-3H3,(H,22,26)/t17-,18+/m0/s1. The molecule has 1 aromatic heterocycles. The van der Waals surface area contributed by atoms with E-state index < -0.39 is 21.9 Å². The molecule has 164 valence electrons. The number of nitrogens with one attached hydrogen (secondary N) is 1. The van der Waals surface area contributed by atoms with E-state index in [1.807, 2.05) is 13.8 Å². The number of carbonyl (C=O) groups excluding carboxylic acids is 1. The number of nitrogens with zero attached hydrogens (tertiary/aromatic N) is 3. The molecule has 0 saturated carbocycles. The number of aromatic nitrogens is 2. The van der Waals surface area contributed by atoms with Crippen molar-refractivity contribution in [3.63, 3.8) is 0 Å². The molecule has 0 radical (unpaired) electrons. The number of ether oxygens (including phenoxy) is 1. The highest BCUT2D eigenvalue weighted by atomic mass is 32.2. The van der Waals surface area contributed by atoms with Gasteiger partial charge in [-0.25, -0.2) is 17.8 Å². The monoisotopic (exact) mass is 438 g/mol. The van der Waals surface area contributed by atoms with Gasteiger partial charge < -0.3 is 14.6 Å². The van der Waals surface area contributed by atoms with Crippen LogP contribution in [-0.2, 0) is 26.6 Å². The van der Waals surface area contributed by atoms with Crippen LogP contribution < -0.4 is 5.32 Å². The summed E-state index contributed by atoms with van der Waals surface area (Å²) >= 11 is 0. The van der Waals surface area contributed by atoms with Crippen molar-refractivity contribution < 1.29 is 22.3 Å². The molecule has 0 bridgehead atoms. The van der Waals surface area contributed by atoms with Crippen LogP contribution in [0.2, 0.25) is 0 Å². The number of imidazole rings is 1. The largest absolute Gasteiger partial charge is 0.377 e. The van der Waals surface area contributed by atoms with E-state index in [1.165, 1.54) is 29.0 Å². The molecule has 1 aliphatic rings. The highest BCUT2D eigenvalue weighted by molar-refractivity contribution is 7.89. The lowest BCUT2D eigenvalue weighted by Gasteiger charge is -2.18. The molecule has 0 aliphatic carbocycles. The summed E-state index contributed by atoms with van der Waals surface area (Å²) in [6.07, 6.45) is 2.90. The highest BCUT2D eigenvalue weighted by Crippen LogP contribution is 2.35. The minimum Gasteiger partial charge on any atom is -0.377 e. The zero-order valence-electron chi connectivity index (χ0n) is 17.3. The molecule has 0 unspecified atom stereocenters. The zero-order chi connectivity index (χ0) is 21.9. The van der Waals surface area contributed by atoms with Gasteiger partial charge in [-0.2, -0.15) is 4.31 Å². The molecule has 8 nitrogen and oxygen atoms in total. The lowest BCUT2D eigenvalue weighted by molar-refractivity contribution is -0.125. The molecule has 1 aromatic carbocycles. The first kappa shape index (κ1) is 22.4. The molecule has 30 heavy (non-hydrogen) atoms. The summed E-state index contributed by atoms with van der Waals surface area (Å²) in [5.41, 5.74) is 0.716. The van der Waals surface area contributed by atoms with Crippen molar-refractivity contribution in [3.05, 3.63) is 48.2 Å². The quantitative estimate of drug-likeness (QED) is 0.631. The van der Waals surface area contributed by atoms with Crippen molar-refractivity contribution in [1.82, 2.24) is 19.2 Å². The van der Waals surface area contributed by atoms with Gasteiger partial charge in [-0.1, -0.05) is 12.1 Å². The first-order valence-electron chi connectivity index (χ1n) is 9.81. The van der Waals surface area contributed by atoms with Crippen molar-refractivity contribution in [3.8, 4) is 0 Å². The van der Waals surface area contributed by atoms with Gasteiger partial charge in [0.15, 0.2) is 5.03 Å². The van der Waals surface area contributed by atoms with Crippen LogP contribution in [0.5, 0.6) is 0 Å². The van der Waals surface area contributed by atoms with Crippen molar-refractivity contribution in [2.45, 2.75) is 30.9 Å². The number of hydrogen-bond acceptors (Lipinski definition) is 5. The summed E-state index contributed by atoms with van der Waals surface area (Å²) in [7, 11) is -2.16. The summed E-state index contributed by atoms with van der Waals surface area (Å²) in [6.45, 7) is 4.65. The van der Waals surface area contributed by atoms with Crippen molar-refractivity contribution in [2.75, 3.05) is 26.2 Å². The Morgan fingerprint density at radius 1 is 1.30 bits per heavy atom. The lowest BCUT2D eigenvalue weighted by Crippen LogP contribution is -2.37. The molecule has 1 aliphatic heterocycles. The van der Waals surface area contributed by atoms with E-state index in [2.05, 4.69) is 10.3 Å². The fourth-order valence-corrected chi connectivity index (χ4v) is 4.99. The van der Waals surface area contributed by atoms with Crippen LogP contribution in [-0.4, -0.2) is 60.5 Å². The second-order valence-corrected chi connectivity index (χ2v) is 9.56. The topological polar surface area (TPSA) is 93.5 Å². The van der Waals surface area contributed by atoms with Gasteiger partial charge in [-0.05, 0) is 31.5 Å². The predicted octanol–water partition coefficient (Wildman–Crippen LogP) is 1.50. The van der Waals surface area contributed by atoms with E-state index in [-0.39, 0.29) is 35.9 Å². The Morgan fingerprint density at radius 3 is 2.60 bits per heavy atom. The van der Waals surface area contributed by atoms with E-state index in [0.717, 1.165) is 0 Å². The minimum atomic E-state index is -3.85. The fourth-order valence-electron chi connectivity index (χ4n) is 3.53. The summed E-state index contributed by atoms with van der Waals surface area (Å²) < 4.78 is 47.7. The number of halogens is 1. The number of aryl methyl sites for hydroxylation is 1. The summed E-state index contributed by atoms with van der Waals surface area (Å²) in [5, 5.41) is 2.77. The molecule has 2 aromatic rings. The number of benzene rings is 1. The van der Waals surface area contributed by atoms with Crippen molar-refractivity contribution in [1.29, 1.82) is 0 Å². The molecule has 2 heterocycles. The van der Waals surface area contributed by atoms with Gasteiger partial charge in [0.25, 0.3) is 10.0 Å². The normalized spacial score (nSPS) is 20.0.